The molecule has 0 saturated heterocycles. The summed E-state index contributed by atoms with van der Waals surface area (Å²) in [5, 5.41) is 4.04. The Kier molecular flexibility index (Phi) is 10.1. The van der Waals surface area contributed by atoms with Crippen LogP contribution in [0.2, 0.25) is 0 Å². The minimum absolute atomic E-state index is 0.271. The highest BCUT2D eigenvalue weighted by atomic mass is 16.6. The van der Waals surface area contributed by atoms with Crippen molar-refractivity contribution in [1.29, 1.82) is 0 Å². The number of esters is 1. The standard InChI is InChI=1S/C33H32N2O6/c1-4-38-28-16-14-27(15-17-28)33(37)41-30-20-11-24(21-31(30)39-5-2)22-34-35-32(36)23(3)40-29-18-12-26(13-19-29)25-9-7-6-8-10-25/h6-23H,4-5H2,1-3H3,(H,35,36)/b34-22-/t23-/m1/s1. The van der Waals surface area contributed by atoms with Gasteiger partial charge in [-0.3, -0.25) is 4.79 Å². The van der Waals surface area contributed by atoms with Crippen LogP contribution in [0.25, 0.3) is 11.1 Å². The van der Waals surface area contributed by atoms with Gasteiger partial charge in [-0.15, -0.1) is 0 Å². The van der Waals surface area contributed by atoms with E-state index < -0.39 is 18.0 Å². The Bertz CT molecular complexity index is 1470. The topological polar surface area (TPSA) is 95.5 Å². The summed E-state index contributed by atoms with van der Waals surface area (Å²) >= 11 is 0. The fourth-order valence-electron chi connectivity index (χ4n) is 3.85. The highest BCUT2D eigenvalue weighted by molar-refractivity contribution is 5.92. The van der Waals surface area contributed by atoms with E-state index in [-0.39, 0.29) is 5.75 Å². The third-order valence-electron chi connectivity index (χ3n) is 5.90. The molecule has 210 valence electrons. The molecule has 4 aromatic rings. The van der Waals surface area contributed by atoms with Gasteiger partial charge >= 0.3 is 5.97 Å². The second-order valence-corrected chi connectivity index (χ2v) is 8.87. The van der Waals surface area contributed by atoms with Crippen LogP contribution in [-0.4, -0.2) is 37.4 Å². The maximum atomic E-state index is 12.6. The molecular weight excluding hydrogens is 520 g/mol. The molecule has 0 aliphatic heterocycles. The van der Waals surface area contributed by atoms with Gasteiger partial charge in [0.1, 0.15) is 11.5 Å². The van der Waals surface area contributed by atoms with Gasteiger partial charge in [-0.25, -0.2) is 10.2 Å². The van der Waals surface area contributed by atoms with E-state index >= 15 is 0 Å². The summed E-state index contributed by atoms with van der Waals surface area (Å²) in [7, 11) is 0. The molecule has 0 heterocycles. The molecule has 41 heavy (non-hydrogen) atoms. The summed E-state index contributed by atoms with van der Waals surface area (Å²) in [5.74, 6) is 0.969. The number of ether oxygens (including phenoxy) is 4. The van der Waals surface area contributed by atoms with E-state index in [1.54, 1.807) is 49.4 Å². The number of hydrazone groups is 1. The van der Waals surface area contributed by atoms with E-state index in [9.17, 15) is 9.59 Å². The maximum absolute atomic E-state index is 12.6. The van der Waals surface area contributed by atoms with Gasteiger partial charge in [0.05, 0.1) is 25.0 Å². The Balaban J connectivity index is 1.33. The minimum Gasteiger partial charge on any atom is -0.494 e. The second-order valence-electron chi connectivity index (χ2n) is 8.87. The number of benzene rings is 4. The van der Waals surface area contributed by atoms with Crippen LogP contribution in [-0.2, 0) is 4.79 Å². The van der Waals surface area contributed by atoms with Crippen LogP contribution in [0.3, 0.4) is 0 Å². The lowest BCUT2D eigenvalue weighted by Crippen LogP contribution is -2.33. The van der Waals surface area contributed by atoms with Crippen molar-refractivity contribution in [2.75, 3.05) is 13.2 Å². The van der Waals surface area contributed by atoms with E-state index in [4.69, 9.17) is 18.9 Å². The summed E-state index contributed by atoms with van der Waals surface area (Å²) in [4.78, 5) is 25.2. The molecule has 1 amide bonds. The lowest BCUT2D eigenvalue weighted by atomic mass is 10.1. The molecule has 0 saturated carbocycles. The monoisotopic (exact) mass is 552 g/mol. The molecule has 1 N–H and O–H groups in total. The van der Waals surface area contributed by atoms with Gasteiger partial charge in [-0.05, 0) is 92.1 Å². The van der Waals surface area contributed by atoms with Crippen LogP contribution in [0.4, 0.5) is 0 Å². The smallest absolute Gasteiger partial charge is 0.343 e. The van der Waals surface area contributed by atoms with E-state index in [1.807, 2.05) is 68.4 Å². The highest BCUT2D eigenvalue weighted by Gasteiger charge is 2.15. The molecule has 0 radical (unpaired) electrons. The second kappa shape index (κ2) is 14.3. The van der Waals surface area contributed by atoms with Gasteiger partial charge in [0.25, 0.3) is 5.91 Å². The quantitative estimate of drug-likeness (QED) is 0.0961. The molecule has 4 rings (SSSR count). The van der Waals surface area contributed by atoms with Gasteiger partial charge < -0.3 is 18.9 Å². The zero-order valence-electron chi connectivity index (χ0n) is 23.2. The first-order chi connectivity index (χ1) is 20.0. The van der Waals surface area contributed by atoms with Crippen molar-refractivity contribution in [3.63, 3.8) is 0 Å². The Morgan fingerprint density at radius 3 is 2.12 bits per heavy atom. The van der Waals surface area contributed by atoms with Crippen LogP contribution in [0, 0.1) is 0 Å². The molecule has 0 aliphatic rings. The number of amides is 1. The molecule has 0 aromatic heterocycles. The predicted octanol–water partition coefficient (Wildman–Crippen LogP) is 6.29. The maximum Gasteiger partial charge on any atom is 0.343 e. The Morgan fingerprint density at radius 2 is 1.44 bits per heavy atom. The van der Waals surface area contributed by atoms with Gasteiger partial charge in [-0.1, -0.05) is 42.5 Å². The van der Waals surface area contributed by atoms with Crippen molar-refractivity contribution in [2.24, 2.45) is 5.10 Å². The molecule has 0 spiro atoms. The predicted molar refractivity (Wildman–Crippen MR) is 158 cm³/mol. The molecule has 0 aliphatic carbocycles. The molecule has 8 heteroatoms. The van der Waals surface area contributed by atoms with Crippen LogP contribution >= 0.6 is 0 Å². The van der Waals surface area contributed by atoms with Crippen LogP contribution in [0.5, 0.6) is 23.0 Å². The van der Waals surface area contributed by atoms with Gasteiger partial charge in [0, 0.05) is 0 Å². The van der Waals surface area contributed by atoms with Crippen LogP contribution in [0.15, 0.2) is 102 Å². The lowest BCUT2D eigenvalue weighted by molar-refractivity contribution is -0.127. The van der Waals surface area contributed by atoms with Crippen molar-refractivity contribution in [1.82, 2.24) is 5.43 Å². The molecule has 0 bridgehead atoms. The van der Waals surface area contributed by atoms with E-state index in [0.29, 0.717) is 41.6 Å². The third kappa shape index (κ3) is 8.19. The van der Waals surface area contributed by atoms with Gasteiger partial charge in [-0.2, -0.15) is 5.10 Å². The van der Waals surface area contributed by atoms with Crippen molar-refractivity contribution < 1.29 is 28.5 Å². The number of carbonyl (C=O) groups excluding carboxylic acids is 2. The average molecular weight is 553 g/mol. The van der Waals surface area contributed by atoms with Crippen molar-refractivity contribution in [2.45, 2.75) is 26.9 Å². The summed E-state index contributed by atoms with van der Waals surface area (Å²) in [6.07, 6.45) is 0.706. The van der Waals surface area contributed by atoms with E-state index in [1.165, 1.54) is 6.21 Å². The average Bonchev–Trinajstić information content (AvgIpc) is 3.00. The number of hydrogen-bond acceptors (Lipinski definition) is 7. The molecule has 1 atom stereocenters. The lowest BCUT2D eigenvalue weighted by Gasteiger charge is -2.13. The first kappa shape index (κ1) is 28.9. The van der Waals surface area contributed by atoms with Crippen LogP contribution < -0.4 is 24.4 Å². The zero-order chi connectivity index (χ0) is 29.0. The van der Waals surface area contributed by atoms with Crippen molar-refractivity contribution in [3.8, 4) is 34.1 Å². The summed E-state index contributed by atoms with van der Waals surface area (Å²) in [5.41, 5.74) is 5.67. The number of nitrogens with one attached hydrogen (secondary N) is 1. The minimum atomic E-state index is -0.766. The summed E-state index contributed by atoms with van der Waals surface area (Å²) in [6.45, 7) is 6.28. The normalized spacial score (nSPS) is 11.5. The van der Waals surface area contributed by atoms with Gasteiger partial charge in [0.15, 0.2) is 17.6 Å². The van der Waals surface area contributed by atoms with Crippen molar-refractivity contribution in [3.05, 3.63) is 108 Å². The fraction of sp³-hybridized carbons (Fsp3) is 0.182. The van der Waals surface area contributed by atoms with Gasteiger partial charge in [0.2, 0.25) is 0 Å². The number of rotatable bonds is 12. The largest absolute Gasteiger partial charge is 0.494 e. The van der Waals surface area contributed by atoms with Crippen molar-refractivity contribution >= 4 is 18.1 Å². The molecular formula is C33H32N2O6. The highest BCUT2D eigenvalue weighted by Crippen LogP contribution is 2.29. The Labute approximate surface area is 239 Å². The zero-order valence-corrected chi connectivity index (χ0v) is 23.2. The first-order valence-corrected chi connectivity index (χ1v) is 13.3. The number of hydrogen-bond donors (Lipinski definition) is 1. The molecule has 0 unspecified atom stereocenters. The van der Waals surface area contributed by atoms with Crippen LogP contribution in [0.1, 0.15) is 36.7 Å². The number of carbonyl (C=O) groups is 2. The van der Waals surface area contributed by atoms with E-state index in [2.05, 4.69) is 10.5 Å². The summed E-state index contributed by atoms with van der Waals surface area (Å²) < 4.78 is 22.4. The Hall–Kier alpha value is -5.11. The molecule has 8 nitrogen and oxygen atoms in total. The Morgan fingerprint density at radius 1 is 0.780 bits per heavy atom. The number of nitrogens with zero attached hydrogens (tertiary/aromatic N) is 1. The third-order valence-corrected chi connectivity index (χ3v) is 5.90. The molecule has 0 fully saturated rings. The molecule has 4 aromatic carbocycles. The summed E-state index contributed by atoms with van der Waals surface area (Å²) in [6, 6.07) is 29.3. The SMILES string of the molecule is CCOc1ccc(C(=O)Oc2ccc(/C=N\NC(=O)[C@@H](C)Oc3ccc(-c4ccccc4)cc3)cc2OCC)cc1. The fourth-order valence-corrected chi connectivity index (χ4v) is 3.85. The first-order valence-electron chi connectivity index (χ1n) is 13.3. The van der Waals surface area contributed by atoms with E-state index in [0.717, 1.165) is 11.1 Å².